The molecule has 0 spiro atoms. The summed E-state index contributed by atoms with van der Waals surface area (Å²) in [5.41, 5.74) is 0.738. The van der Waals surface area contributed by atoms with Crippen molar-refractivity contribution in [3.8, 4) is 5.75 Å². The molecule has 0 aromatic heterocycles. The number of nitro benzene ring substituents is 1. The van der Waals surface area contributed by atoms with E-state index in [1.807, 2.05) is 6.92 Å². The highest BCUT2D eigenvalue weighted by molar-refractivity contribution is 5.49. The second-order valence-corrected chi connectivity index (χ2v) is 3.42. The number of nitro groups is 1. The predicted octanol–water partition coefficient (Wildman–Crippen LogP) is 1.60. The molecule has 1 aromatic rings. The van der Waals surface area contributed by atoms with Crippen LogP contribution in [0.1, 0.15) is 18.4 Å². The van der Waals surface area contributed by atoms with E-state index in [9.17, 15) is 10.1 Å². The summed E-state index contributed by atoms with van der Waals surface area (Å²) in [6.07, 6.45) is 0. The van der Waals surface area contributed by atoms with Gasteiger partial charge in [-0.1, -0.05) is 13.0 Å². The molecular formula is C10H14N2O4. The van der Waals surface area contributed by atoms with E-state index < -0.39 is 4.92 Å². The third kappa shape index (κ3) is 2.68. The van der Waals surface area contributed by atoms with Crippen LogP contribution in [-0.2, 0) is 4.84 Å². The van der Waals surface area contributed by atoms with E-state index in [0.717, 1.165) is 5.56 Å². The van der Waals surface area contributed by atoms with Crippen molar-refractivity contribution < 1.29 is 14.5 Å². The van der Waals surface area contributed by atoms with Crippen LogP contribution in [0.2, 0.25) is 0 Å². The van der Waals surface area contributed by atoms with Crippen molar-refractivity contribution in [2.75, 3.05) is 13.7 Å². The van der Waals surface area contributed by atoms with Gasteiger partial charge in [0.15, 0.2) is 5.75 Å². The molecule has 1 atom stereocenters. The van der Waals surface area contributed by atoms with Crippen molar-refractivity contribution in [3.05, 3.63) is 33.9 Å². The van der Waals surface area contributed by atoms with Gasteiger partial charge in [0.25, 0.3) is 0 Å². The highest BCUT2D eigenvalue weighted by atomic mass is 16.6. The Morgan fingerprint density at radius 2 is 2.25 bits per heavy atom. The summed E-state index contributed by atoms with van der Waals surface area (Å²) < 4.78 is 4.90. The van der Waals surface area contributed by atoms with Crippen LogP contribution in [-0.4, -0.2) is 18.6 Å². The number of hydrogen-bond donors (Lipinski definition) is 1. The first-order valence-corrected chi connectivity index (χ1v) is 4.74. The van der Waals surface area contributed by atoms with E-state index >= 15 is 0 Å². The van der Waals surface area contributed by atoms with E-state index in [-0.39, 0.29) is 17.4 Å². The van der Waals surface area contributed by atoms with E-state index in [2.05, 4.69) is 4.84 Å². The molecule has 1 aromatic carbocycles. The number of nitrogens with two attached hydrogens (primary N) is 1. The molecule has 6 heteroatoms. The first kappa shape index (κ1) is 12.4. The van der Waals surface area contributed by atoms with Gasteiger partial charge in [0, 0.05) is 12.0 Å². The quantitative estimate of drug-likeness (QED) is 0.608. The Bertz CT molecular complexity index is 381. The monoisotopic (exact) mass is 226 g/mol. The Balaban J connectivity index is 3.06. The molecule has 0 aliphatic rings. The Morgan fingerprint density at radius 1 is 1.56 bits per heavy atom. The maximum Gasteiger partial charge on any atom is 0.311 e. The Kier molecular flexibility index (Phi) is 4.21. The summed E-state index contributed by atoms with van der Waals surface area (Å²) in [5.74, 6) is 5.20. The van der Waals surface area contributed by atoms with Crippen molar-refractivity contribution in [1.29, 1.82) is 0 Å². The summed E-state index contributed by atoms with van der Waals surface area (Å²) >= 11 is 0. The van der Waals surface area contributed by atoms with Crippen LogP contribution in [0.25, 0.3) is 0 Å². The van der Waals surface area contributed by atoms with Crippen molar-refractivity contribution >= 4 is 5.69 Å². The molecule has 0 bridgehead atoms. The molecule has 0 radical (unpaired) electrons. The zero-order valence-corrected chi connectivity index (χ0v) is 9.17. The summed E-state index contributed by atoms with van der Waals surface area (Å²) in [7, 11) is 1.40. The largest absolute Gasteiger partial charge is 0.490 e. The van der Waals surface area contributed by atoms with Gasteiger partial charge < -0.3 is 9.57 Å². The van der Waals surface area contributed by atoms with Gasteiger partial charge in [0.2, 0.25) is 0 Å². The third-order valence-electron chi connectivity index (χ3n) is 2.31. The molecule has 0 heterocycles. The van der Waals surface area contributed by atoms with Crippen molar-refractivity contribution in [3.63, 3.8) is 0 Å². The van der Waals surface area contributed by atoms with Crippen molar-refractivity contribution in [1.82, 2.24) is 0 Å². The minimum Gasteiger partial charge on any atom is -0.490 e. The molecule has 0 saturated carbocycles. The molecule has 0 saturated heterocycles. The van der Waals surface area contributed by atoms with Gasteiger partial charge in [-0.15, -0.1) is 0 Å². The topological polar surface area (TPSA) is 87.6 Å². The van der Waals surface area contributed by atoms with Gasteiger partial charge in [-0.25, -0.2) is 5.90 Å². The summed E-state index contributed by atoms with van der Waals surface area (Å²) in [5, 5.41) is 10.8. The van der Waals surface area contributed by atoms with E-state index in [1.165, 1.54) is 13.2 Å². The highest BCUT2D eigenvalue weighted by Gasteiger charge is 2.17. The second-order valence-electron chi connectivity index (χ2n) is 3.42. The van der Waals surface area contributed by atoms with Crippen LogP contribution in [0, 0.1) is 10.1 Å². The van der Waals surface area contributed by atoms with E-state index in [0.29, 0.717) is 6.61 Å². The molecule has 0 fully saturated rings. The lowest BCUT2D eigenvalue weighted by Crippen LogP contribution is -2.08. The smallest absolute Gasteiger partial charge is 0.311 e. The molecule has 16 heavy (non-hydrogen) atoms. The summed E-state index contributed by atoms with van der Waals surface area (Å²) in [6, 6.07) is 4.80. The SMILES string of the molecule is COc1ccc(C(C)CON)cc1[N+](=O)[O-]. The fourth-order valence-electron chi connectivity index (χ4n) is 1.40. The Hall–Kier alpha value is -1.66. The van der Waals surface area contributed by atoms with Crippen LogP contribution < -0.4 is 10.6 Å². The lowest BCUT2D eigenvalue weighted by Gasteiger charge is -2.10. The average molecular weight is 226 g/mol. The van der Waals surface area contributed by atoms with Crippen LogP contribution in [0.5, 0.6) is 5.75 Å². The number of nitrogens with zero attached hydrogens (tertiary/aromatic N) is 1. The van der Waals surface area contributed by atoms with E-state index in [4.69, 9.17) is 10.6 Å². The summed E-state index contributed by atoms with van der Waals surface area (Å²) in [4.78, 5) is 14.8. The lowest BCUT2D eigenvalue weighted by atomic mass is 10.0. The van der Waals surface area contributed by atoms with Gasteiger partial charge in [-0.05, 0) is 11.6 Å². The fourth-order valence-corrected chi connectivity index (χ4v) is 1.40. The maximum atomic E-state index is 10.8. The normalized spacial score (nSPS) is 12.2. The number of methoxy groups -OCH3 is 1. The number of rotatable bonds is 5. The van der Waals surface area contributed by atoms with Gasteiger partial charge in [0.1, 0.15) is 0 Å². The number of benzene rings is 1. The van der Waals surface area contributed by atoms with Gasteiger partial charge in [-0.3, -0.25) is 10.1 Å². The molecule has 1 unspecified atom stereocenters. The predicted molar refractivity (Wildman–Crippen MR) is 58.2 cm³/mol. The molecule has 88 valence electrons. The second kappa shape index (κ2) is 5.43. The summed E-state index contributed by atoms with van der Waals surface area (Å²) in [6.45, 7) is 2.18. The lowest BCUT2D eigenvalue weighted by molar-refractivity contribution is -0.385. The zero-order valence-electron chi connectivity index (χ0n) is 9.17. The molecule has 0 amide bonds. The van der Waals surface area contributed by atoms with Crippen molar-refractivity contribution in [2.45, 2.75) is 12.8 Å². The number of ether oxygens (including phenoxy) is 1. The molecule has 2 N–H and O–H groups in total. The third-order valence-corrected chi connectivity index (χ3v) is 2.31. The molecule has 0 aliphatic heterocycles. The van der Waals surface area contributed by atoms with E-state index in [1.54, 1.807) is 12.1 Å². The van der Waals surface area contributed by atoms with Gasteiger partial charge >= 0.3 is 5.69 Å². The number of hydrogen-bond acceptors (Lipinski definition) is 5. The minimum atomic E-state index is -0.474. The first-order chi connectivity index (χ1) is 7.60. The molecule has 0 aliphatic carbocycles. The Labute approximate surface area is 93.1 Å². The zero-order chi connectivity index (χ0) is 12.1. The maximum absolute atomic E-state index is 10.8. The van der Waals surface area contributed by atoms with Crippen LogP contribution in [0.4, 0.5) is 5.69 Å². The Morgan fingerprint density at radius 3 is 2.75 bits per heavy atom. The first-order valence-electron chi connectivity index (χ1n) is 4.74. The van der Waals surface area contributed by atoms with Gasteiger partial charge in [0.05, 0.1) is 18.6 Å². The van der Waals surface area contributed by atoms with Crippen LogP contribution in [0.3, 0.4) is 0 Å². The minimum absolute atomic E-state index is 0.00499. The molecule has 1 rings (SSSR count). The fraction of sp³-hybridized carbons (Fsp3) is 0.400. The standard InChI is InChI=1S/C10H14N2O4/c1-7(6-16-11)8-3-4-10(15-2)9(5-8)12(13)14/h3-5,7H,6,11H2,1-2H3. The van der Waals surface area contributed by atoms with Crippen LogP contribution >= 0.6 is 0 Å². The van der Waals surface area contributed by atoms with Crippen LogP contribution in [0.15, 0.2) is 18.2 Å². The van der Waals surface area contributed by atoms with Crippen molar-refractivity contribution in [2.24, 2.45) is 5.90 Å². The highest BCUT2D eigenvalue weighted by Crippen LogP contribution is 2.30. The van der Waals surface area contributed by atoms with Gasteiger partial charge in [-0.2, -0.15) is 0 Å². The molecule has 6 nitrogen and oxygen atoms in total. The molecular weight excluding hydrogens is 212 g/mol. The average Bonchev–Trinajstić information content (AvgIpc) is 2.28.